The molecule has 0 aliphatic heterocycles. The van der Waals surface area contributed by atoms with Gasteiger partial charge in [-0.2, -0.15) is 0 Å². The first-order chi connectivity index (χ1) is 7.04. The molecule has 0 amide bonds. The van der Waals surface area contributed by atoms with Crippen molar-refractivity contribution in [2.45, 2.75) is 27.7 Å². The van der Waals surface area contributed by atoms with Crippen LogP contribution in [0.2, 0.25) is 0 Å². The van der Waals surface area contributed by atoms with Crippen molar-refractivity contribution >= 4 is 6.08 Å². The Kier molecular flexibility index (Phi) is 4.10. The molecule has 0 spiro atoms. The Morgan fingerprint density at radius 3 is 2.47 bits per heavy atom. The van der Waals surface area contributed by atoms with Crippen LogP contribution < -0.4 is 5.73 Å². The summed E-state index contributed by atoms with van der Waals surface area (Å²) in [6.07, 6.45) is 2.22. The first kappa shape index (κ1) is 12.0. The summed E-state index contributed by atoms with van der Waals surface area (Å²) in [6.45, 7) is 9.27. The predicted molar refractivity (Wildman–Crippen MR) is 67.8 cm³/mol. The Morgan fingerprint density at radius 2 is 2.00 bits per heavy atom. The van der Waals surface area contributed by atoms with Gasteiger partial charge in [-0.1, -0.05) is 49.3 Å². The van der Waals surface area contributed by atoms with Gasteiger partial charge in [-0.3, -0.25) is 0 Å². The van der Waals surface area contributed by atoms with E-state index in [0.717, 1.165) is 0 Å². The van der Waals surface area contributed by atoms with Crippen LogP contribution in [0.4, 0.5) is 0 Å². The molecule has 0 saturated carbocycles. The first-order valence-corrected chi connectivity index (χ1v) is 5.52. The molecule has 2 N–H and O–H groups in total. The molecule has 1 rings (SSSR count). The Bertz CT molecular complexity index is 362. The van der Waals surface area contributed by atoms with Crippen LogP contribution in [0.5, 0.6) is 0 Å². The molecular weight excluding hydrogens is 182 g/mol. The second kappa shape index (κ2) is 5.13. The maximum atomic E-state index is 5.73. The van der Waals surface area contributed by atoms with Crippen molar-refractivity contribution in [1.29, 1.82) is 0 Å². The molecule has 0 unspecified atom stereocenters. The van der Waals surface area contributed by atoms with Crippen LogP contribution in [0.3, 0.4) is 0 Å². The second-order valence-corrected chi connectivity index (χ2v) is 4.44. The normalized spacial score (nSPS) is 12.3. The minimum atomic E-state index is 0.524. The van der Waals surface area contributed by atoms with Crippen LogP contribution in [0.25, 0.3) is 6.08 Å². The lowest BCUT2D eigenvalue weighted by Gasteiger charge is -2.10. The molecule has 1 heteroatoms. The average Bonchev–Trinajstić information content (AvgIpc) is 2.16. The van der Waals surface area contributed by atoms with E-state index >= 15 is 0 Å². The van der Waals surface area contributed by atoms with Crippen molar-refractivity contribution < 1.29 is 0 Å². The number of benzene rings is 1. The van der Waals surface area contributed by atoms with Gasteiger partial charge in [-0.15, -0.1) is 0 Å². The SMILES string of the molecule is Cc1ccc(C=C(CN)C(C)C)c(C)c1. The monoisotopic (exact) mass is 203 g/mol. The summed E-state index contributed by atoms with van der Waals surface area (Å²) in [6, 6.07) is 6.52. The van der Waals surface area contributed by atoms with Crippen LogP contribution >= 0.6 is 0 Å². The van der Waals surface area contributed by atoms with Gasteiger partial charge in [0.05, 0.1) is 0 Å². The molecule has 0 radical (unpaired) electrons. The number of nitrogens with two attached hydrogens (primary N) is 1. The predicted octanol–water partition coefficient (Wildman–Crippen LogP) is 3.30. The van der Waals surface area contributed by atoms with E-state index in [1.54, 1.807) is 0 Å². The molecule has 82 valence electrons. The van der Waals surface area contributed by atoms with Crippen LogP contribution in [0.15, 0.2) is 23.8 Å². The van der Waals surface area contributed by atoms with Crippen molar-refractivity contribution in [2.75, 3.05) is 6.54 Å². The zero-order valence-electron chi connectivity index (χ0n) is 10.2. The van der Waals surface area contributed by atoms with Crippen molar-refractivity contribution in [3.8, 4) is 0 Å². The fourth-order valence-electron chi connectivity index (χ4n) is 1.65. The van der Waals surface area contributed by atoms with Crippen LogP contribution in [-0.4, -0.2) is 6.54 Å². The highest BCUT2D eigenvalue weighted by Gasteiger charge is 2.02. The summed E-state index contributed by atoms with van der Waals surface area (Å²) < 4.78 is 0. The lowest BCUT2D eigenvalue weighted by molar-refractivity contribution is 0.752. The molecule has 0 aromatic heterocycles. The maximum absolute atomic E-state index is 5.73. The van der Waals surface area contributed by atoms with E-state index in [0.29, 0.717) is 12.5 Å². The molecule has 15 heavy (non-hydrogen) atoms. The van der Waals surface area contributed by atoms with Crippen LogP contribution in [0.1, 0.15) is 30.5 Å². The van der Waals surface area contributed by atoms with E-state index < -0.39 is 0 Å². The zero-order chi connectivity index (χ0) is 11.4. The summed E-state index contributed by atoms with van der Waals surface area (Å²) in [4.78, 5) is 0. The van der Waals surface area contributed by atoms with Gasteiger partial charge >= 0.3 is 0 Å². The lowest BCUT2D eigenvalue weighted by Crippen LogP contribution is -2.08. The van der Waals surface area contributed by atoms with Crippen molar-refractivity contribution in [3.63, 3.8) is 0 Å². The molecule has 0 aliphatic carbocycles. The Morgan fingerprint density at radius 1 is 1.33 bits per heavy atom. The van der Waals surface area contributed by atoms with Gasteiger partial charge in [0.25, 0.3) is 0 Å². The summed E-state index contributed by atoms with van der Waals surface area (Å²) in [7, 11) is 0. The van der Waals surface area contributed by atoms with Gasteiger partial charge in [0.15, 0.2) is 0 Å². The minimum Gasteiger partial charge on any atom is -0.327 e. The number of hydrogen-bond acceptors (Lipinski definition) is 1. The number of aryl methyl sites for hydroxylation is 2. The molecule has 0 bridgehead atoms. The third-order valence-electron chi connectivity index (χ3n) is 2.74. The highest BCUT2D eigenvalue weighted by molar-refractivity contribution is 5.57. The van der Waals surface area contributed by atoms with Crippen LogP contribution in [-0.2, 0) is 0 Å². The topological polar surface area (TPSA) is 26.0 Å². The minimum absolute atomic E-state index is 0.524. The number of hydrogen-bond donors (Lipinski definition) is 1. The Labute approximate surface area is 93.0 Å². The quantitative estimate of drug-likeness (QED) is 0.801. The summed E-state index contributed by atoms with van der Waals surface area (Å²) in [5, 5.41) is 0. The standard InChI is InChI=1S/C14H21N/c1-10(2)14(9-15)8-13-6-5-11(3)7-12(13)4/h5-8,10H,9,15H2,1-4H3. The van der Waals surface area contributed by atoms with Gasteiger partial charge in [-0.25, -0.2) is 0 Å². The van der Waals surface area contributed by atoms with Gasteiger partial charge < -0.3 is 5.73 Å². The fourth-order valence-corrected chi connectivity index (χ4v) is 1.65. The average molecular weight is 203 g/mol. The Hall–Kier alpha value is -1.08. The third-order valence-corrected chi connectivity index (χ3v) is 2.74. The zero-order valence-corrected chi connectivity index (χ0v) is 10.2. The highest BCUT2D eigenvalue weighted by atomic mass is 14.5. The molecule has 1 nitrogen and oxygen atoms in total. The molecular formula is C14H21N. The van der Waals surface area contributed by atoms with E-state index in [1.807, 2.05) is 0 Å². The van der Waals surface area contributed by atoms with Crippen LogP contribution in [0, 0.1) is 19.8 Å². The van der Waals surface area contributed by atoms with E-state index in [4.69, 9.17) is 5.73 Å². The summed E-state index contributed by atoms with van der Waals surface area (Å²) >= 11 is 0. The first-order valence-electron chi connectivity index (χ1n) is 5.52. The van der Waals surface area contributed by atoms with Crippen molar-refractivity contribution in [1.82, 2.24) is 0 Å². The van der Waals surface area contributed by atoms with Crippen molar-refractivity contribution in [3.05, 3.63) is 40.5 Å². The molecule has 0 saturated heterocycles. The molecule has 0 aliphatic rings. The number of rotatable bonds is 3. The van der Waals surface area contributed by atoms with E-state index in [1.165, 1.54) is 22.3 Å². The van der Waals surface area contributed by atoms with Crippen molar-refractivity contribution in [2.24, 2.45) is 11.7 Å². The fraction of sp³-hybridized carbons (Fsp3) is 0.429. The third kappa shape index (κ3) is 3.21. The maximum Gasteiger partial charge on any atom is 0.0142 e. The molecule has 1 aromatic rings. The smallest absolute Gasteiger partial charge is 0.0142 e. The highest BCUT2D eigenvalue weighted by Crippen LogP contribution is 2.17. The summed E-state index contributed by atoms with van der Waals surface area (Å²) in [5.74, 6) is 0.524. The largest absolute Gasteiger partial charge is 0.327 e. The second-order valence-electron chi connectivity index (χ2n) is 4.44. The molecule has 0 heterocycles. The van der Waals surface area contributed by atoms with E-state index in [9.17, 15) is 0 Å². The molecule has 1 aromatic carbocycles. The van der Waals surface area contributed by atoms with E-state index in [2.05, 4.69) is 52.0 Å². The molecule has 0 fully saturated rings. The summed E-state index contributed by atoms with van der Waals surface area (Å²) in [5.41, 5.74) is 11.0. The van der Waals surface area contributed by atoms with E-state index in [-0.39, 0.29) is 0 Å². The lowest BCUT2D eigenvalue weighted by atomic mass is 9.97. The Balaban J connectivity index is 3.06. The molecule has 0 atom stereocenters. The van der Waals surface area contributed by atoms with Gasteiger partial charge in [0.1, 0.15) is 0 Å². The van der Waals surface area contributed by atoms with Gasteiger partial charge in [-0.05, 0) is 30.9 Å². The van der Waals surface area contributed by atoms with Gasteiger partial charge in [0, 0.05) is 6.54 Å². The van der Waals surface area contributed by atoms with Gasteiger partial charge in [0.2, 0.25) is 0 Å².